The smallest absolute Gasteiger partial charge is 0.255 e. The lowest BCUT2D eigenvalue weighted by Gasteiger charge is -2.14. The van der Waals surface area contributed by atoms with Crippen molar-refractivity contribution < 1.29 is 19.0 Å². The zero-order valence-corrected chi connectivity index (χ0v) is 13.9. The van der Waals surface area contributed by atoms with E-state index in [2.05, 4.69) is 5.32 Å². The molecule has 3 aromatic carbocycles. The topological polar surface area (TPSA) is 58.6 Å². The van der Waals surface area contributed by atoms with Gasteiger partial charge in [-0.3, -0.25) is 4.79 Å². The van der Waals surface area contributed by atoms with E-state index in [9.17, 15) is 14.3 Å². The Kier molecular flexibility index (Phi) is 5.61. The molecule has 0 aliphatic rings. The molecule has 0 heterocycles. The van der Waals surface area contributed by atoms with E-state index in [4.69, 9.17) is 4.74 Å². The molecule has 2 N–H and O–H groups in total. The van der Waals surface area contributed by atoms with E-state index in [0.717, 1.165) is 0 Å². The van der Waals surface area contributed by atoms with Gasteiger partial charge in [0.05, 0.1) is 0 Å². The number of benzene rings is 3. The largest absolute Gasteiger partial charge is 0.491 e. The van der Waals surface area contributed by atoms with E-state index in [-0.39, 0.29) is 18.1 Å². The zero-order valence-electron chi connectivity index (χ0n) is 13.9. The van der Waals surface area contributed by atoms with Crippen LogP contribution in [0.25, 0.3) is 0 Å². The molecule has 0 fully saturated rings. The summed E-state index contributed by atoms with van der Waals surface area (Å²) >= 11 is 0. The molecule has 1 atom stereocenters. The Morgan fingerprint density at radius 1 is 0.962 bits per heavy atom. The molecule has 26 heavy (non-hydrogen) atoms. The van der Waals surface area contributed by atoms with Crippen molar-refractivity contribution in [3.63, 3.8) is 0 Å². The van der Waals surface area contributed by atoms with Crippen LogP contribution in [0.3, 0.4) is 0 Å². The Hall–Kier alpha value is -3.18. The first-order valence-electron chi connectivity index (χ1n) is 8.15. The third-order valence-corrected chi connectivity index (χ3v) is 3.82. The third-order valence-electron chi connectivity index (χ3n) is 3.82. The molecule has 0 saturated carbocycles. The second-order valence-electron chi connectivity index (χ2n) is 5.69. The van der Waals surface area contributed by atoms with Crippen LogP contribution in [0, 0.1) is 5.82 Å². The van der Waals surface area contributed by atoms with Gasteiger partial charge in [0.2, 0.25) is 0 Å². The highest BCUT2D eigenvalue weighted by Gasteiger charge is 2.13. The number of carbonyl (C=O) groups is 1. The van der Waals surface area contributed by atoms with Gasteiger partial charge in [-0.2, -0.15) is 0 Å². The molecule has 1 amide bonds. The summed E-state index contributed by atoms with van der Waals surface area (Å²) in [5.41, 5.74) is 1.39. The van der Waals surface area contributed by atoms with Crippen molar-refractivity contribution in [1.29, 1.82) is 0 Å². The number of aliphatic hydroxyl groups is 1. The Bertz CT molecular complexity index is 866. The van der Waals surface area contributed by atoms with Gasteiger partial charge in [0, 0.05) is 16.8 Å². The summed E-state index contributed by atoms with van der Waals surface area (Å²) in [6, 6.07) is 21.7. The number of halogens is 1. The van der Waals surface area contributed by atoms with E-state index in [1.807, 2.05) is 6.07 Å². The number of rotatable bonds is 6. The molecule has 0 saturated heterocycles. The summed E-state index contributed by atoms with van der Waals surface area (Å²) in [5, 5.41) is 12.8. The van der Waals surface area contributed by atoms with Crippen LogP contribution in [0.4, 0.5) is 10.1 Å². The predicted molar refractivity (Wildman–Crippen MR) is 97.7 cm³/mol. The van der Waals surface area contributed by atoms with Gasteiger partial charge >= 0.3 is 0 Å². The molecular formula is C21H18FNO3. The zero-order chi connectivity index (χ0) is 18.4. The van der Waals surface area contributed by atoms with E-state index in [1.165, 1.54) is 12.1 Å². The Morgan fingerprint density at radius 3 is 2.31 bits per heavy atom. The molecule has 0 radical (unpaired) electrons. The minimum absolute atomic E-state index is 0.0728. The molecule has 0 spiro atoms. The fourth-order valence-corrected chi connectivity index (χ4v) is 2.44. The van der Waals surface area contributed by atoms with Gasteiger partial charge in [-0.05, 0) is 42.5 Å². The average Bonchev–Trinajstić information content (AvgIpc) is 2.68. The fraction of sp³-hybridized carbons (Fsp3) is 0.0952. The Morgan fingerprint density at radius 2 is 1.62 bits per heavy atom. The number of nitrogens with one attached hydrogen (secondary N) is 1. The minimum Gasteiger partial charge on any atom is -0.491 e. The van der Waals surface area contributed by atoms with E-state index >= 15 is 0 Å². The normalized spacial score (nSPS) is 11.6. The molecule has 3 rings (SSSR count). The van der Waals surface area contributed by atoms with Crippen molar-refractivity contribution in [3.05, 3.63) is 95.8 Å². The highest BCUT2D eigenvalue weighted by atomic mass is 19.1. The maximum atomic E-state index is 13.6. The molecule has 5 heteroatoms. The first-order chi connectivity index (χ1) is 12.6. The molecule has 3 aromatic rings. The standard InChI is InChI=1S/C21H18FNO3/c22-19-9-5-4-8-18(19)20(24)14-26-17-12-10-16(11-13-17)23-21(25)15-6-2-1-3-7-15/h1-13,20,24H,14H2,(H,23,25). The first-order valence-corrected chi connectivity index (χ1v) is 8.15. The van der Waals surface area contributed by atoms with Gasteiger partial charge < -0.3 is 15.2 Å². The second kappa shape index (κ2) is 8.27. The number of hydrogen-bond donors (Lipinski definition) is 2. The monoisotopic (exact) mass is 351 g/mol. The number of aliphatic hydroxyl groups excluding tert-OH is 1. The second-order valence-corrected chi connectivity index (χ2v) is 5.69. The number of carbonyl (C=O) groups excluding carboxylic acids is 1. The van der Waals surface area contributed by atoms with Gasteiger partial charge in [-0.15, -0.1) is 0 Å². The molecule has 0 aromatic heterocycles. The van der Waals surface area contributed by atoms with Gasteiger partial charge in [-0.1, -0.05) is 36.4 Å². The molecule has 0 bridgehead atoms. The molecular weight excluding hydrogens is 333 g/mol. The Balaban J connectivity index is 1.56. The predicted octanol–water partition coefficient (Wildman–Crippen LogP) is 4.19. The number of amides is 1. The highest BCUT2D eigenvalue weighted by molar-refractivity contribution is 6.04. The minimum atomic E-state index is -1.06. The van der Waals surface area contributed by atoms with Gasteiger partial charge in [0.1, 0.15) is 24.3 Å². The SMILES string of the molecule is O=C(Nc1ccc(OCC(O)c2ccccc2F)cc1)c1ccccc1. The number of ether oxygens (including phenoxy) is 1. The van der Waals surface area contributed by atoms with Crippen LogP contribution in [-0.2, 0) is 0 Å². The fourth-order valence-electron chi connectivity index (χ4n) is 2.44. The van der Waals surface area contributed by atoms with Crippen LogP contribution in [-0.4, -0.2) is 17.6 Å². The quantitative estimate of drug-likeness (QED) is 0.700. The van der Waals surface area contributed by atoms with Crippen LogP contribution in [0.15, 0.2) is 78.9 Å². The van der Waals surface area contributed by atoms with Gasteiger partial charge in [0.15, 0.2) is 0 Å². The van der Waals surface area contributed by atoms with Crippen molar-refractivity contribution in [2.45, 2.75) is 6.10 Å². The summed E-state index contributed by atoms with van der Waals surface area (Å²) in [7, 11) is 0. The lowest BCUT2D eigenvalue weighted by molar-refractivity contribution is 0.102. The molecule has 4 nitrogen and oxygen atoms in total. The summed E-state index contributed by atoms with van der Waals surface area (Å²) in [4.78, 5) is 12.1. The summed E-state index contributed by atoms with van der Waals surface area (Å²) < 4.78 is 19.1. The summed E-state index contributed by atoms with van der Waals surface area (Å²) in [6.07, 6.45) is -1.06. The van der Waals surface area contributed by atoms with E-state index in [1.54, 1.807) is 60.7 Å². The van der Waals surface area contributed by atoms with Crippen LogP contribution >= 0.6 is 0 Å². The number of hydrogen-bond acceptors (Lipinski definition) is 3. The highest BCUT2D eigenvalue weighted by Crippen LogP contribution is 2.20. The summed E-state index contributed by atoms with van der Waals surface area (Å²) in [6.45, 7) is -0.0728. The maximum absolute atomic E-state index is 13.6. The Labute approximate surface area is 150 Å². The molecule has 132 valence electrons. The van der Waals surface area contributed by atoms with Crippen molar-refractivity contribution in [3.8, 4) is 5.75 Å². The van der Waals surface area contributed by atoms with Gasteiger partial charge in [-0.25, -0.2) is 4.39 Å². The van der Waals surface area contributed by atoms with Crippen LogP contribution in [0.2, 0.25) is 0 Å². The first kappa shape index (κ1) is 17.6. The molecule has 1 unspecified atom stereocenters. The number of anilines is 1. The van der Waals surface area contributed by atoms with E-state index in [0.29, 0.717) is 17.0 Å². The van der Waals surface area contributed by atoms with Crippen LogP contribution in [0.5, 0.6) is 5.75 Å². The lowest BCUT2D eigenvalue weighted by Crippen LogP contribution is -2.12. The van der Waals surface area contributed by atoms with Crippen LogP contribution < -0.4 is 10.1 Å². The average molecular weight is 351 g/mol. The lowest BCUT2D eigenvalue weighted by atomic mass is 10.1. The van der Waals surface area contributed by atoms with Crippen LogP contribution in [0.1, 0.15) is 22.0 Å². The maximum Gasteiger partial charge on any atom is 0.255 e. The van der Waals surface area contributed by atoms with Crippen molar-refractivity contribution in [2.75, 3.05) is 11.9 Å². The van der Waals surface area contributed by atoms with Crippen molar-refractivity contribution in [1.82, 2.24) is 0 Å². The van der Waals surface area contributed by atoms with Crippen molar-refractivity contribution in [2.24, 2.45) is 0 Å². The van der Waals surface area contributed by atoms with Crippen molar-refractivity contribution >= 4 is 11.6 Å². The summed E-state index contributed by atoms with van der Waals surface area (Å²) in [5.74, 6) is -0.157. The molecule has 0 aliphatic carbocycles. The molecule has 0 aliphatic heterocycles. The van der Waals surface area contributed by atoms with E-state index < -0.39 is 11.9 Å². The van der Waals surface area contributed by atoms with Gasteiger partial charge in [0.25, 0.3) is 5.91 Å². The third kappa shape index (κ3) is 4.46.